The zero-order chi connectivity index (χ0) is 12.4. The van der Waals surface area contributed by atoms with Gasteiger partial charge in [0.1, 0.15) is 6.33 Å². The van der Waals surface area contributed by atoms with Crippen molar-refractivity contribution < 1.29 is 0 Å². The number of rotatable bonds is 2. The number of nitrogens with zero attached hydrogens (tertiary/aromatic N) is 3. The lowest BCUT2D eigenvalue weighted by Crippen LogP contribution is -2.24. The first-order valence-corrected chi connectivity index (χ1v) is 6.23. The molecular weight excluding hydrogens is 224 g/mol. The third kappa shape index (κ3) is 1.90. The van der Waals surface area contributed by atoms with E-state index in [2.05, 4.69) is 39.1 Å². The summed E-state index contributed by atoms with van der Waals surface area (Å²) in [7, 11) is 0. The van der Waals surface area contributed by atoms with Crippen molar-refractivity contribution in [3.8, 4) is 0 Å². The number of nitrogens with two attached hydrogens (primary N) is 1. The van der Waals surface area contributed by atoms with E-state index in [1.807, 2.05) is 6.07 Å². The lowest BCUT2D eigenvalue weighted by molar-refractivity contribution is 0.711. The second kappa shape index (κ2) is 4.64. The van der Waals surface area contributed by atoms with Crippen LogP contribution < -0.4 is 10.6 Å². The Morgan fingerprint density at radius 3 is 2.83 bits per heavy atom. The Hall–Kier alpha value is -2.10. The molecule has 1 aliphatic rings. The number of benzene rings is 1. The van der Waals surface area contributed by atoms with E-state index in [-0.39, 0.29) is 0 Å². The normalized spacial score (nSPS) is 19.1. The first kappa shape index (κ1) is 11.0. The minimum Gasteiger partial charge on any atom is -0.394 e. The molecule has 1 aromatic carbocycles. The molecule has 1 saturated heterocycles. The van der Waals surface area contributed by atoms with Crippen molar-refractivity contribution in [2.75, 3.05) is 17.2 Å². The maximum absolute atomic E-state index is 5.97. The van der Waals surface area contributed by atoms with Gasteiger partial charge in [0.25, 0.3) is 0 Å². The summed E-state index contributed by atoms with van der Waals surface area (Å²) < 4.78 is 0. The van der Waals surface area contributed by atoms with Crippen LogP contribution in [-0.2, 0) is 0 Å². The summed E-state index contributed by atoms with van der Waals surface area (Å²) in [6.07, 6.45) is 5.55. The van der Waals surface area contributed by atoms with Gasteiger partial charge in [-0.1, -0.05) is 30.3 Å². The van der Waals surface area contributed by atoms with Crippen molar-refractivity contribution in [1.29, 1.82) is 0 Å². The summed E-state index contributed by atoms with van der Waals surface area (Å²) in [5.41, 5.74) is 7.95. The van der Waals surface area contributed by atoms with Gasteiger partial charge in [-0.25, -0.2) is 9.97 Å². The molecular formula is C14H16N4. The van der Waals surface area contributed by atoms with Gasteiger partial charge < -0.3 is 10.6 Å². The molecule has 18 heavy (non-hydrogen) atoms. The Balaban J connectivity index is 1.95. The molecule has 1 atom stereocenters. The van der Waals surface area contributed by atoms with Gasteiger partial charge in [0.2, 0.25) is 0 Å². The van der Waals surface area contributed by atoms with Crippen LogP contribution in [0.15, 0.2) is 42.9 Å². The van der Waals surface area contributed by atoms with E-state index in [0.717, 1.165) is 18.8 Å². The van der Waals surface area contributed by atoms with Crippen LogP contribution in [0, 0.1) is 0 Å². The molecule has 2 heterocycles. The van der Waals surface area contributed by atoms with Crippen LogP contribution in [0.3, 0.4) is 0 Å². The van der Waals surface area contributed by atoms with Gasteiger partial charge in [0.15, 0.2) is 5.82 Å². The number of anilines is 2. The third-order valence-electron chi connectivity index (χ3n) is 3.43. The smallest absolute Gasteiger partial charge is 0.155 e. The average Bonchev–Trinajstić information content (AvgIpc) is 2.89. The van der Waals surface area contributed by atoms with Gasteiger partial charge in [-0.15, -0.1) is 0 Å². The number of nitrogen functional groups attached to an aromatic ring is 1. The van der Waals surface area contributed by atoms with Gasteiger partial charge in [-0.3, -0.25) is 0 Å². The van der Waals surface area contributed by atoms with Gasteiger partial charge in [0.05, 0.1) is 17.9 Å². The summed E-state index contributed by atoms with van der Waals surface area (Å²) >= 11 is 0. The van der Waals surface area contributed by atoms with Gasteiger partial charge in [-0.2, -0.15) is 0 Å². The van der Waals surface area contributed by atoms with Crippen LogP contribution in [0.4, 0.5) is 11.5 Å². The van der Waals surface area contributed by atoms with Crippen molar-refractivity contribution in [2.45, 2.75) is 18.9 Å². The topological polar surface area (TPSA) is 55.0 Å². The molecule has 1 fully saturated rings. The van der Waals surface area contributed by atoms with Crippen molar-refractivity contribution in [1.82, 2.24) is 9.97 Å². The molecule has 92 valence electrons. The van der Waals surface area contributed by atoms with Crippen LogP contribution in [0.5, 0.6) is 0 Å². The monoisotopic (exact) mass is 240 g/mol. The number of hydrogen-bond acceptors (Lipinski definition) is 4. The first-order chi connectivity index (χ1) is 8.86. The van der Waals surface area contributed by atoms with E-state index in [1.165, 1.54) is 12.0 Å². The molecule has 4 heteroatoms. The second-order valence-electron chi connectivity index (χ2n) is 4.56. The Kier molecular flexibility index (Phi) is 2.84. The molecule has 2 aromatic rings. The molecule has 0 spiro atoms. The Labute approximate surface area is 106 Å². The predicted octanol–water partition coefficient (Wildman–Crippen LogP) is 2.40. The fourth-order valence-corrected chi connectivity index (χ4v) is 2.62. The van der Waals surface area contributed by atoms with Crippen LogP contribution in [-0.4, -0.2) is 16.5 Å². The van der Waals surface area contributed by atoms with Crippen molar-refractivity contribution >= 4 is 11.5 Å². The zero-order valence-corrected chi connectivity index (χ0v) is 10.2. The van der Waals surface area contributed by atoms with Crippen molar-refractivity contribution in [3.05, 3.63) is 48.4 Å². The molecule has 2 N–H and O–H groups in total. The standard InChI is InChI=1S/C14H16N4/c15-12-9-16-10-17-14(12)18-8-4-7-13(18)11-5-2-1-3-6-11/h1-3,5-6,9-10,13H,4,7-8,15H2. The van der Waals surface area contributed by atoms with Crippen LogP contribution in [0.2, 0.25) is 0 Å². The molecule has 0 bridgehead atoms. The maximum Gasteiger partial charge on any atom is 0.155 e. The Morgan fingerprint density at radius 2 is 2.06 bits per heavy atom. The lowest BCUT2D eigenvalue weighted by Gasteiger charge is -2.26. The van der Waals surface area contributed by atoms with Crippen molar-refractivity contribution in [3.63, 3.8) is 0 Å². The molecule has 0 saturated carbocycles. The second-order valence-corrected chi connectivity index (χ2v) is 4.56. The highest BCUT2D eigenvalue weighted by Gasteiger charge is 2.28. The minimum absolute atomic E-state index is 0.378. The van der Waals surface area contributed by atoms with Gasteiger partial charge >= 0.3 is 0 Å². The summed E-state index contributed by atoms with van der Waals surface area (Å²) in [5.74, 6) is 0.858. The summed E-state index contributed by atoms with van der Waals surface area (Å²) in [6, 6.07) is 10.9. The molecule has 0 aliphatic carbocycles. The Morgan fingerprint density at radius 1 is 1.22 bits per heavy atom. The van der Waals surface area contributed by atoms with E-state index < -0.39 is 0 Å². The van der Waals surface area contributed by atoms with E-state index in [1.54, 1.807) is 12.5 Å². The minimum atomic E-state index is 0.378. The van der Waals surface area contributed by atoms with Crippen LogP contribution in [0.25, 0.3) is 0 Å². The van der Waals surface area contributed by atoms with E-state index in [0.29, 0.717) is 11.7 Å². The zero-order valence-electron chi connectivity index (χ0n) is 10.2. The number of hydrogen-bond donors (Lipinski definition) is 1. The highest BCUT2D eigenvalue weighted by molar-refractivity contribution is 5.62. The lowest BCUT2D eigenvalue weighted by atomic mass is 10.0. The predicted molar refractivity (Wildman–Crippen MR) is 72.2 cm³/mol. The Bertz CT molecular complexity index is 526. The molecule has 0 amide bonds. The van der Waals surface area contributed by atoms with E-state index in [4.69, 9.17) is 5.73 Å². The number of aromatic nitrogens is 2. The average molecular weight is 240 g/mol. The highest BCUT2D eigenvalue weighted by atomic mass is 15.2. The highest BCUT2D eigenvalue weighted by Crippen LogP contribution is 2.36. The molecule has 1 unspecified atom stereocenters. The van der Waals surface area contributed by atoms with Crippen LogP contribution >= 0.6 is 0 Å². The van der Waals surface area contributed by atoms with Crippen LogP contribution in [0.1, 0.15) is 24.4 Å². The molecule has 0 radical (unpaired) electrons. The maximum atomic E-state index is 5.97. The van der Waals surface area contributed by atoms with E-state index in [9.17, 15) is 0 Å². The fraction of sp³-hybridized carbons (Fsp3) is 0.286. The van der Waals surface area contributed by atoms with Gasteiger partial charge in [-0.05, 0) is 18.4 Å². The summed E-state index contributed by atoms with van der Waals surface area (Å²) in [6.45, 7) is 1.00. The molecule has 3 rings (SSSR count). The third-order valence-corrected chi connectivity index (χ3v) is 3.43. The fourth-order valence-electron chi connectivity index (χ4n) is 2.62. The SMILES string of the molecule is Nc1cncnc1N1CCCC1c1ccccc1. The summed E-state index contributed by atoms with van der Waals surface area (Å²) in [5, 5.41) is 0. The first-order valence-electron chi connectivity index (χ1n) is 6.23. The molecule has 4 nitrogen and oxygen atoms in total. The van der Waals surface area contributed by atoms with Crippen molar-refractivity contribution in [2.24, 2.45) is 0 Å². The van der Waals surface area contributed by atoms with Gasteiger partial charge in [0, 0.05) is 6.54 Å². The van der Waals surface area contributed by atoms with E-state index >= 15 is 0 Å². The quantitative estimate of drug-likeness (QED) is 0.875. The summed E-state index contributed by atoms with van der Waals surface area (Å²) in [4.78, 5) is 10.6. The molecule has 1 aromatic heterocycles. The largest absolute Gasteiger partial charge is 0.394 e. The molecule has 1 aliphatic heterocycles.